The minimum atomic E-state index is -0.503. The van der Waals surface area contributed by atoms with Crippen LogP contribution in [0.25, 0.3) is 0 Å². The summed E-state index contributed by atoms with van der Waals surface area (Å²) in [6, 6.07) is 6.08. The van der Waals surface area contributed by atoms with Crippen LogP contribution in [0.4, 0.5) is 11.4 Å². The quantitative estimate of drug-likeness (QED) is 0.639. The first kappa shape index (κ1) is 14.3. The van der Waals surface area contributed by atoms with Gasteiger partial charge in [0.25, 0.3) is 5.69 Å². The number of carbonyl (C=O) groups is 1. The fourth-order valence-corrected chi connectivity index (χ4v) is 2.45. The van der Waals surface area contributed by atoms with Crippen molar-refractivity contribution >= 4 is 17.3 Å². The molecule has 1 saturated carbocycles. The zero-order chi connectivity index (χ0) is 14.5. The van der Waals surface area contributed by atoms with Gasteiger partial charge in [0.15, 0.2) is 0 Å². The fourth-order valence-electron chi connectivity index (χ4n) is 2.45. The minimum absolute atomic E-state index is 0.0204. The van der Waals surface area contributed by atoms with E-state index in [1.54, 1.807) is 25.1 Å². The number of hydrogen-bond acceptors (Lipinski definition) is 4. The molecule has 2 N–H and O–H groups in total. The van der Waals surface area contributed by atoms with E-state index in [1.165, 1.54) is 6.07 Å². The molecule has 0 spiro atoms. The predicted octanol–water partition coefficient (Wildman–Crippen LogP) is 2.45. The molecule has 0 aromatic heterocycles. The maximum absolute atomic E-state index is 12.0. The molecule has 6 nitrogen and oxygen atoms in total. The number of carbonyl (C=O) groups excluding carboxylic acids is 1. The van der Waals surface area contributed by atoms with Gasteiger partial charge in [-0.1, -0.05) is 25.0 Å². The van der Waals surface area contributed by atoms with Gasteiger partial charge in [-0.05, 0) is 25.8 Å². The lowest BCUT2D eigenvalue weighted by molar-refractivity contribution is -0.384. The third kappa shape index (κ3) is 3.46. The Morgan fingerprint density at radius 3 is 2.65 bits per heavy atom. The molecule has 6 heteroatoms. The Hall–Kier alpha value is -2.11. The van der Waals surface area contributed by atoms with Gasteiger partial charge in [0.05, 0.1) is 4.92 Å². The SMILES string of the molecule is C[C@@H](Nc1ccccc1[N+](=O)[O-])C(=O)NC1CCCC1. The van der Waals surface area contributed by atoms with Crippen LogP contribution >= 0.6 is 0 Å². The molecular weight excluding hydrogens is 258 g/mol. The van der Waals surface area contributed by atoms with Crippen molar-refractivity contribution in [2.75, 3.05) is 5.32 Å². The van der Waals surface area contributed by atoms with Gasteiger partial charge < -0.3 is 10.6 Å². The molecule has 0 unspecified atom stereocenters. The van der Waals surface area contributed by atoms with E-state index in [-0.39, 0.29) is 17.6 Å². The van der Waals surface area contributed by atoms with E-state index >= 15 is 0 Å². The number of nitrogens with one attached hydrogen (secondary N) is 2. The summed E-state index contributed by atoms with van der Waals surface area (Å²) in [5.74, 6) is -0.116. The van der Waals surface area contributed by atoms with E-state index in [0.717, 1.165) is 25.7 Å². The van der Waals surface area contributed by atoms with Gasteiger partial charge in [0.2, 0.25) is 5.91 Å². The summed E-state index contributed by atoms with van der Waals surface area (Å²) in [6.07, 6.45) is 4.34. The summed E-state index contributed by atoms with van der Waals surface area (Å²) >= 11 is 0. The standard InChI is InChI=1S/C14H19N3O3/c1-10(14(18)16-11-6-2-3-7-11)15-12-8-4-5-9-13(12)17(19)20/h4-5,8-11,15H,2-3,6-7H2,1H3,(H,16,18)/t10-/m1/s1. The first-order valence-electron chi connectivity index (χ1n) is 6.88. The largest absolute Gasteiger partial charge is 0.368 e. The second kappa shape index (κ2) is 6.36. The molecule has 20 heavy (non-hydrogen) atoms. The highest BCUT2D eigenvalue weighted by Crippen LogP contribution is 2.24. The van der Waals surface area contributed by atoms with Gasteiger partial charge >= 0.3 is 0 Å². The highest BCUT2D eigenvalue weighted by molar-refractivity contribution is 5.85. The number of para-hydroxylation sites is 2. The molecule has 0 heterocycles. The number of nitro benzene ring substituents is 1. The van der Waals surface area contributed by atoms with Crippen LogP contribution in [0.1, 0.15) is 32.6 Å². The molecule has 0 radical (unpaired) electrons. The molecule has 2 rings (SSSR count). The molecule has 0 aliphatic heterocycles. The molecule has 1 aromatic carbocycles. The molecule has 1 aliphatic rings. The van der Waals surface area contributed by atoms with E-state index in [9.17, 15) is 14.9 Å². The van der Waals surface area contributed by atoms with Crippen molar-refractivity contribution in [1.29, 1.82) is 0 Å². The first-order valence-corrected chi connectivity index (χ1v) is 6.88. The fraction of sp³-hybridized carbons (Fsp3) is 0.500. The smallest absolute Gasteiger partial charge is 0.292 e. The highest BCUT2D eigenvalue weighted by atomic mass is 16.6. The average Bonchev–Trinajstić information content (AvgIpc) is 2.91. The summed E-state index contributed by atoms with van der Waals surface area (Å²) < 4.78 is 0. The van der Waals surface area contributed by atoms with E-state index in [4.69, 9.17) is 0 Å². The lowest BCUT2D eigenvalue weighted by Crippen LogP contribution is -2.42. The van der Waals surface area contributed by atoms with Crippen molar-refractivity contribution in [1.82, 2.24) is 5.32 Å². The van der Waals surface area contributed by atoms with Crippen LogP contribution in [0.15, 0.2) is 24.3 Å². The Morgan fingerprint density at radius 1 is 1.35 bits per heavy atom. The van der Waals surface area contributed by atoms with Crippen LogP contribution in [0.3, 0.4) is 0 Å². The van der Waals surface area contributed by atoms with Crippen molar-refractivity contribution < 1.29 is 9.72 Å². The molecule has 1 fully saturated rings. The number of anilines is 1. The maximum Gasteiger partial charge on any atom is 0.292 e. The summed E-state index contributed by atoms with van der Waals surface area (Å²) in [5.41, 5.74) is 0.347. The van der Waals surface area contributed by atoms with Crippen LogP contribution in [0.5, 0.6) is 0 Å². The van der Waals surface area contributed by atoms with E-state index < -0.39 is 11.0 Å². The molecule has 1 amide bonds. The lowest BCUT2D eigenvalue weighted by atomic mass is 10.2. The van der Waals surface area contributed by atoms with Crippen LogP contribution in [0, 0.1) is 10.1 Å². The summed E-state index contributed by atoms with van der Waals surface area (Å²) in [6.45, 7) is 1.71. The Labute approximate surface area is 117 Å². The monoisotopic (exact) mass is 277 g/mol. The van der Waals surface area contributed by atoms with Gasteiger partial charge in [-0.2, -0.15) is 0 Å². The number of nitrogens with zero attached hydrogens (tertiary/aromatic N) is 1. The summed E-state index contributed by atoms with van der Waals surface area (Å²) in [7, 11) is 0. The third-order valence-corrected chi connectivity index (χ3v) is 3.57. The van der Waals surface area contributed by atoms with Gasteiger partial charge in [0, 0.05) is 12.1 Å². The van der Waals surface area contributed by atoms with E-state index in [2.05, 4.69) is 10.6 Å². The summed E-state index contributed by atoms with van der Waals surface area (Å²) in [5, 5.41) is 16.8. The molecule has 1 aromatic rings. The molecule has 0 saturated heterocycles. The minimum Gasteiger partial charge on any atom is -0.368 e. The van der Waals surface area contributed by atoms with Crippen molar-refractivity contribution in [2.24, 2.45) is 0 Å². The van der Waals surface area contributed by atoms with Gasteiger partial charge in [-0.3, -0.25) is 14.9 Å². The Kier molecular flexibility index (Phi) is 4.55. The number of amides is 1. The normalized spacial score (nSPS) is 16.6. The Balaban J connectivity index is 1.98. The van der Waals surface area contributed by atoms with Crippen molar-refractivity contribution in [3.8, 4) is 0 Å². The summed E-state index contributed by atoms with van der Waals surface area (Å²) in [4.78, 5) is 22.5. The van der Waals surface area contributed by atoms with E-state index in [1.807, 2.05) is 0 Å². The predicted molar refractivity (Wildman–Crippen MR) is 76.6 cm³/mol. The van der Waals surface area contributed by atoms with Gasteiger partial charge in [-0.15, -0.1) is 0 Å². The third-order valence-electron chi connectivity index (χ3n) is 3.57. The van der Waals surface area contributed by atoms with Crippen molar-refractivity contribution in [3.63, 3.8) is 0 Å². The zero-order valence-corrected chi connectivity index (χ0v) is 11.5. The van der Waals surface area contributed by atoms with Crippen LogP contribution in [-0.2, 0) is 4.79 Å². The van der Waals surface area contributed by atoms with Crippen LogP contribution < -0.4 is 10.6 Å². The second-order valence-corrected chi connectivity index (χ2v) is 5.13. The van der Waals surface area contributed by atoms with Crippen LogP contribution in [-0.4, -0.2) is 22.9 Å². The van der Waals surface area contributed by atoms with Gasteiger partial charge in [0.1, 0.15) is 11.7 Å². The number of benzene rings is 1. The molecular formula is C14H19N3O3. The first-order chi connectivity index (χ1) is 9.58. The van der Waals surface area contributed by atoms with Crippen molar-refractivity contribution in [2.45, 2.75) is 44.7 Å². The van der Waals surface area contributed by atoms with Crippen LogP contribution in [0.2, 0.25) is 0 Å². The van der Waals surface area contributed by atoms with E-state index in [0.29, 0.717) is 5.69 Å². The topological polar surface area (TPSA) is 84.3 Å². The van der Waals surface area contributed by atoms with Gasteiger partial charge in [-0.25, -0.2) is 0 Å². The number of rotatable bonds is 5. The Bertz CT molecular complexity index is 498. The zero-order valence-electron chi connectivity index (χ0n) is 11.5. The maximum atomic E-state index is 12.0. The van der Waals surface area contributed by atoms with Crippen molar-refractivity contribution in [3.05, 3.63) is 34.4 Å². The lowest BCUT2D eigenvalue weighted by Gasteiger charge is -2.18. The number of nitro groups is 1. The molecule has 1 atom stereocenters. The molecule has 1 aliphatic carbocycles. The number of hydrogen-bond donors (Lipinski definition) is 2. The highest BCUT2D eigenvalue weighted by Gasteiger charge is 2.22. The second-order valence-electron chi connectivity index (χ2n) is 5.13. The average molecular weight is 277 g/mol. The Morgan fingerprint density at radius 2 is 2.00 bits per heavy atom. The molecule has 108 valence electrons. The molecule has 0 bridgehead atoms.